The fraction of sp³-hybridized carbons (Fsp3) is 0.105. The van der Waals surface area contributed by atoms with Gasteiger partial charge in [-0.2, -0.15) is 5.10 Å². The molecule has 2 aromatic carbocycles. The van der Waals surface area contributed by atoms with E-state index in [0.29, 0.717) is 17.7 Å². The molecule has 2 aromatic rings. The summed E-state index contributed by atoms with van der Waals surface area (Å²) in [5.74, 6) is -0.728. The van der Waals surface area contributed by atoms with Gasteiger partial charge in [-0.05, 0) is 35.4 Å². The summed E-state index contributed by atoms with van der Waals surface area (Å²) >= 11 is 0. The van der Waals surface area contributed by atoms with Crippen LogP contribution < -0.4 is 16.4 Å². The zero-order valence-electron chi connectivity index (χ0n) is 13.9. The zero-order chi connectivity index (χ0) is 18.4. The molecule has 7 heteroatoms. The van der Waals surface area contributed by atoms with Crippen molar-refractivity contribution in [2.45, 2.75) is 6.42 Å². The van der Waals surface area contributed by atoms with Gasteiger partial charge in [0.05, 0.1) is 5.92 Å². The van der Waals surface area contributed by atoms with Gasteiger partial charge in [0.1, 0.15) is 0 Å². The second kappa shape index (κ2) is 7.98. The van der Waals surface area contributed by atoms with Crippen molar-refractivity contribution in [1.29, 1.82) is 0 Å². The van der Waals surface area contributed by atoms with E-state index < -0.39 is 5.92 Å². The van der Waals surface area contributed by atoms with Gasteiger partial charge in [0, 0.05) is 12.3 Å². The Hall–Kier alpha value is -3.61. The summed E-state index contributed by atoms with van der Waals surface area (Å²) in [5, 5.41) is 5.14. The van der Waals surface area contributed by atoms with Gasteiger partial charge in [0.2, 0.25) is 5.91 Å². The lowest BCUT2D eigenvalue weighted by Crippen LogP contribution is -2.44. The molecule has 0 saturated carbocycles. The van der Waals surface area contributed by atoms with Crippen LogP contribution in [0.1, 0.15) is 16.8 Å². The van der Waals surface area contributed by atoms with E-state index in [9.17, 15) is 9.59 Å². The van der Waals surface area contributed by atoms with Gasteiger partial charge in [0.25, 0.3) is 5.91 Å². The lowest BCUT2D eigenvalue weighted by molar-refractivity contribution is -0.124. The molecule has 3 N–H and O–H groups in total. The normalized spacial score (nSPS) is 15.7. The molecule has 0 heterocycles. The lowest BCUT2D eigenvalue weighted by Gasteiger charge is -2.16. The summed E-state index contributed by atoms with van der Waals surface area (Å²) in [6, 6.07) is 13.0. The van der Waals surface area contributed by atoms with E-state index in [2.05, 4.69) is 28.3 Å². The number of nitrogens with zero attached hydrogens (tertiary/aromatic N) is 1. The monoisotopic (exact) mass is 350 g/mol. The van der Waals surface area contributed by atoms with Crippen molar-refractivity contribution in [3.63, 3.8) is 0 Å². The predicted octanol–water partition coefficient (Wildman–Crippen LogP) is 2.20. The molecule has 1 aliphatic rings. The van der Waals surface area contributed by atoms with E-state index >= 15 is 0 Å². The van der Waals surface area contributed by atoms with Crippen LogP contribution >= 0.6 is 0 Å². The van der Waals surface area contributed by atoms with Crippen molar-refractivity contribution in [2.75, 3.05) is 0 Å². The van der Waals surface area contributed by atoms with Crippen molar-refractivity contribution in [1.82, 2.24) is 16.4 Å². The van der Waals surface area contributed by atoms with Crippen LogP contribution in [-0.2, 0) is 9.63 Å². The van der Waals surface area contributed by atoms with Gasteiger partial charge in [-0.15, -0.1) is 5.59 Å². The second-order valence-corrected chi connectivity index (χ2v) is 5.64. The fourth-order valence-electron chi connectivity index (χ4n) is 2.69. The predicted molar refractivity (Wildman–Crippen MR) is 98.7 cm³/mol. The SMILES string of the molecule is C=NNOC1=CC(C(=O)NNC(=O)c2cccc3ccccc23)CC=C1. The van der Waals surface area contributed by atoms with E-state index in [1.165, 1.54) is 0 Å². The number of carbonyl (C=O) groups excluding carboxylic acids is 2. The molecule has 7 nitrogen and oxygen atoms in total. The van der Waals surface area contributed by atoms with Crippen molar-refractivity contribution >= 4 is 29.3 Å². The minimum absolute atomic E-state index is 0.337. The van der Waals surface area contributed by atoms with Crippen LogP contribution in [0.25, 0.3) is 10.8 Å². The molecule has 1 unspecified atom stereocenters. The number of hydrazine groups is 1. The molecule has 3 rings (SSSR count). The summed E-state index contributed by atoms with van der Waals surface area (Å²) in [4.78, 5) is 29.8. The Balaban J connectivity index is 1.64. The Morgan fingerprint density at radius 1 is 1.12 bits per heavy atom. The van der Waals surface area contributed by atoms with Crippen LogP contribution in [0.5, 0.6) is 0 Å². The standard InChI is InChI=1S/C19H18N4O3/c1-20-23-26-15-9-4-8-14(12-15)18(24)21-22-19(25)17-11-5-7-13-6-2-3-10-16(13)17/h2-7,9-12,14,23H,1,8H2,(H,21,24)(H,22,25). The smallest absolute Gasteiger partial charge is 0.270 e. The van der Waals surface area contributed by atoms with Crippen LogP contribution in [-0.4, -0.2) is 18.5 Å². The Morgan fingerprint density at radius 3 is 2.77 bits per heavy atom. The number of hydrogen-bond donors (Lipinski definition) is 3. The number of fused-ring (bicyclic) bond motifs is 1. The summed E-state index contributed by atoms with van der Waals surface area (Å²) in [5.41, 5.74) is 7.69. The molecule has 0 radical (unpaired) electrons. The highest BCUT2D eigenvalue weighted by Gasteiger charge is 2.20. The summed E-state index contributed by atoms with van der Waals surface area (Å²) in [7, 11) is 0. The fourth-order valence-corrected chi connectivity index (χ4v) is 2.69. The average Bonchev–Trinajstić information content (AvgIpc) is 2.70. The molecule has 0 fully saturated rings. The number of hydrazone groups is 1. The maximum Gasteiger partial charge on any atom is 0.270 e. The third-order valence-corrected chi connectivity index (χ3v) is 3.94. The van der Waals surface area contributed by atoms with Crippen LogP contribution in [0.3, 0.4) is 0 Å². The molecule has 26 heavy (non-hydrogen) atoms. The van der Waals surface area contributed by atoms with Gasteiger partial charge in [0.15, 0.2) is 5.76 Å². The number of nitrogens with one attached hydrogen (secondary N) is 3. The van der Waals surface area contributed by atoms with E-state index in [4.69, 9.17) is 4.84 Å². The van der Waals surface area contributed by atoms with Crippen molar-refractivity contribution < 1.29 is 14.4 Å². The number of allylic oxidation sites excluding steroid dienone is 2. The van der Waals surface area contributed by atoms with Gasteiger partial charge < -0.3 is 4.84 Å². The first-order chi connectivity index (χ1) is 12.7. The molecule has 0 aliphatic heterocycles. The Morgan fingerprint density at radius 2 is 1.92 bits per heavy atom. The summed E-state index contributed by atoms with van der Waals surface area (Å²) < 4.78 is 0. The molecule has 0 bridgehead atoms. The summed E-state index contributed by atoms with van der Waals surface area (Å²) in [6.07, 6.45) is 5.66. The molecule has 2 amide bonds. The average molecular weight is 350 g/mol. The second-order valence-electron chi connectivity index (χ2n) is 5.64. The van der Waals surface area contributed by atoms with Crippen LogP contribution in [0, 0.1) is 5.92 Å². The highest BCUT2D eigenvalue weighted by atomic mass is 16.7. The Kier molecular flexibility index (Phi) is 5.28. The van der Waals surface area contributed by atoms with E-state index in [0.717, 1.165) is 10.8 Å². The van der Waals surface area contributed by atoms with Crippen LogP contribution in [0.15, 0.2) is 71.6 Å². The maximum atomic E-state index is 12.4. The first-order valence-corrected chi connectivity index (χ1v) is 8.03. The Labute approximate surface area is 150 Å². The number of amides is 2. The minimum Gasteiger partial charge on any atom is -0.366 e. The van der Waals surface area contributed by atoms with Gasteiger partial charge >= 0.3 is 0 Å². The van der Waals surface area contributed by atoms with Gasteiger partial charge in [-0.3, -0.25) is 20.4 Å². The molecule has 0 saturated heterocycles. The molecule has 1 atom stereocenters. The number of benzene rings is 2. The minimum atomic E-state index is -0.463. The highest BCUT2D eigenvalue weighted by Crippen LogP contribution is 2.19. The first kappa shape index (κ1) is 17.2. The van der Waals surface area contributed by atoms with Gasteiger partial charge in [-0.1, -0.05) is 42.5 Å². The third kappa shape index (κ3) is 3.89. The zero-order valence-corrected chi connectivity index (χ0v) is 13.9. The quantitative estimate of drug-likeness (QED) is 0.569. The Bertz CT molecular complexity index is 899. The van der Waals surface area contributed by atoms with Crippen LogP contribution in [0.4, 0.5) is 0 Å². The highest BCUT2D eigenvalue weighted by molar-refractivity contribution is 6.07. The first-order valence-electron chi connectivity index (χ1n) is 8.03. The third-order valence-electron chi connectivity index (χ3n) is 3.94. The van der Waals surface area contributed by atoms with E-state index in [-0.39, 0.29) is 11.8 Å². The van der Waals surface area contributed by atoms with Crippen molar-refractivity contribution in [3.8, 4) is 0 Å². The topological polar surface area (TPSA) is 91.8 Å². The molecule has 0 spiro atoms. The van der Waals surface area contributed by atoms with Gasteiger partial charge in [-0.25, -0.2) is 0 Å². The van der Waals surface area contributed by atoms with Crippen molar-refractivity contribution in [2.24, 2.45) is 11.0 Å². The number of carbonyl (C=O) groups is 2. The maximum absolute atomic E-state index is 12.4. The summed E-state index contributed by atoms with van der Waals surface area (Å²) in [6.45, 7) is 3.23. The van der Waals surface area contributed by atoms with E-state index in [1.54, 1.807) is 30.4 Å². The molecule has 0 aromatic heterocycles. The lowest BCUT2D eigenvalue weighted by atomic mass is 9.99. The number of rotatable bonds is 5. The molecule has 132 valence electrons. The molecular formula is C19H18N4O3. The van der Waals surface area contributed by atoms with Crippen LogP contribution in [0.2, 0.25) is 0 Å². The molecular weight excluding hydrogens is 332 g/mol. The number of hydrogen-bond acceptors (Lipinski definition) is 5. The molecule has 1 aliphatic carbocycles. The van der Waals surface area contributed by atoms with Crippen molar-refractivity contribution in [3.05, 3.63) is 72.0 Å². The van der Waals surface area contributed by atoms with E-state index in [1.807, 2.05) is 30.3 Å². The largest absolute Gasteiger partial charge is 0.366 e.